The maximum absolute atomic E-state index is 5.79. The average Bonchev–Trinajstić information content (AvgIpc) is 2.77. The lowest BCUT2D eigenvalue weighted by Gasteiger charge is -2.01. The molecule has 1 aromatic carbocycles. The SMILES string of the molecule is CNCCCc1ncc(-c2cc(C)cc(C)c2)o1. The molecule has 0 atom stereocenters. The van der Waals surface area contributed by atoms with Crippen LogP contribution in [0.25, 0.3) is 11.3 Å². The largest absolute Gasteiger partial charge is 0.441 e. The highest BCUT2D eigenvalue weighted by Gasteiger charge is 2.07. The third kappa shape index (κ3) is 3.20. The van der Waals surface area contributed by atoms with E-state index in [4.69, 9.17) is 4.42 Å². The van der Waals surface area contributed by atoms with Gasteiger partial charge in [0, 0.05) is 12.0 Å². The third-order valence-electron chi connectivity index (χ3n) is 2.88. The number of benzene rings is 1. The summed E-state index contributed by atoms with van der Waals surface area (Å²) in [5.41, 5.74) is 3.61. The maximum atomic E-state index is 5.79. The number of hydrogen-bond donors (Lipinski definition) is 1. The molecule has 2 aromatic rings. The van der Waals surface area contributed by atoms with E-state index in [1.807, 2.05) is 13.2 Å². The molecule has 0 aliphatic carbocycles. The van der Waals surface area contributed by atoms with E-state index in [1.54, 1.807) is 0 Å². The van der Waals surface area contributed by atoms with E-state index >= 15 is 0 Å². The maximum Gasteiger partial charge on any atom is 0.194 e. The summed E-state index contributed by atoms with van der Waals surface area (Å²) >= 11 is 0. The monoisotopic (exact) mass is 244 g/mol. The quantitative estimate of drug-likeness (QED) is 0.821. The Labute approximate surface area is 108 Å². The highest BCUT2D eigenvalue weighted by Crippen LogP contribution is 2.23. The first-order valence-electron chi connectivity index (χ1n) is 6.37. The second kappa shape index (κ2) is 5.83. The van der Waals surface area contributed by atoms with Crippen LogP contribution in [0.15, 0.2) is 28.8 Å². The normalized spacial score (nSPS) is 10.8. The fourth-order valence-corrected chi connectivity index (χ4v) is 2.09. The summed E-state index contributed by atoms with van der Waals surface area (Å²) in [5, 5.41) is 3.12. The minimum absolute atomic E-state index is 0.819. The van der Waals surface area contributed by atoms with Gasteiger partial charge in [0.25, 0.3) is 0 Å². The number of aryl methyl sites for hydroxylation is 3. The van der Waals surface area contributed by atoms with Crippen molar-refractivity contribution in [3.63, 3.8) is 0 Å². The summed E-state index contributed by atoms with van der Waals surface area (Å²) < 4.78 is 5.79. The molecule has 1 aromatic heterocycles. The minimum atomic E-state index is 0.819. The fraction of sp³-hybridized carbons (Fsp3) is 0.400. The lowest BCUT2D eigenvalue weighted by atomic mass is 10.1. The Bertz CT molecular complexity index is 497. The van der Waals surface area contributed by atoms with Gasteiger partial charge in [-0.2, -0.15) is 0 Å². The van der Waals surface area contributed by atoms with Crippen molar-refractivity contribution in [2.75, 3.05) is 13.6 Å². The third-order valence-corrected chi connectivity index (χ3v) is 2.88. The van der Waals surface area contributed by atoms with Gasteiger partial charge in [0.15, 0.2) is 11.7 Å². The van der Waals surface area contributed by atoms with Crippen molar-refractivity contribution in [1.82, 2.24) is 10.3 Å². The van der Waals surface area contributed by atoms with Gasteiger partial charge in [-0.05, 0) is 46.0 Å². The molecule has 0 spiro atoms. The van der Waals surface area contributed by atoms with E-state index < -0.39 is 0 Å². The molecule has 2 rings (SSSR count). The Morgan fingerprint density at radius 1 is 1.17 bits per heavy atom. The highest BCUT2D eigenvalue weighted by atomic mass is 16.4. The number of hydrogen-bond acceptors (Lipinski definition) is 3. The molecular weight excluding hydrogens is 224 g/mol. The fourth-order valence-electron chi connectivity index (χ4n) is 2.09. The number of rotatable bonds is 5. The van der Waals surface area contributed by atoms with Crippen molar-refractivity contribution in [1.29, 1.82) is 0 Å². The van der Waals surface area contributed by atoms with Crippen LogP contribution >= 0.6 is 0 Å². The standard InChI is InChI=1S/C15H20N2O/c1-11-7-12(2)9-13(8-11)14-10-17-15(18-14)5-4-6-16-3/h7-10,16H,4-6H2,1-3H3. The summed E-state index contributed by atoms with van der Waals surface area (Å²) in [5.74, 6) is 1.68. The zero-order valence-corrected chi connectivity index (χ0v) is 11.3. The molecule has 0 saturated heterocycles. The van der Waals surface area contributed by atoms with Gasteiger partial charge in [-0.3, -0.25) is 0 Å². The van der Waals surface area contributed by atoms with Gasteiger partial charge >= 0.3 is 0 Å². The van der Waals surface area contributed by atoms with E-state index in [1.165, 1.54) is 11.1 Å². The lowest BCUT2D eigenvalue weighted by Crippen LogP contribution is -2.08. The molecule has 0 saturated carbocycles. The summed E-state index contributed by atoms with van der Waals surface area (Å²) in [6.45, 7) is 5.18. The highest BCUT2D eigenvalue weighted by molar-refractivity contribution is 5.58. The summed E-state index contributed by atoms with van der Waals surface area (Å²) in [6, 6.07) is 6.42. The number of nitrogens with one attached hydrogen (secondary N) is 1. The second-order valence-electron chi connectivity index (χ2n) is 4.70. The van der Waals surface area contributed by atoms with Crippen LogP contribution in [0.5, 0.6) is 0 Å². The topological polar surface area (TPSA) is 38.1 Å². The summed E-state index contributed by atoms with van der Waals surface area (Å²) in [4.78, 5) is 4.33. The molecule has 0 aliphatic rings. The smallest absolute Gasteiger partial charge is 0.194 e. The van der Waals surface area contributed by atoms with Crippen molar-refractivity contribution in [3.05, 3.63) is 41.4 Å². The zero-order valence-electron chi connectivity index (χ0n) is 11.3. The Hall–Kier alpha value is -1.61. The molecule has 3 heteroatoms. The first-order valence-corrected chi connectivity index (χ1v) is 6.37. The van der Waals surface area contributed by atoms with Gasteiger partial charge in [-0.25, -0.2) is 4.98 Å². The molecule has 0 aliphatic heterocycles. The van der Waals surface area contributed by atoms with Crippen molar-refractivity contribution in [3.8, 4) is 11.3 Å². The summed E-state index contributed by atoms with van der Waals surface area (Å²) in [7, 11) is 1.95. The van der Waals surface area contributed by atoms with Crippen LogP contribution in [0.3, 0.4) is 0 Å². The van der Waals surface area contributed by atoms with Crippen LogP contribution in [0, 0.1) is 13.8 Å². The molecule has 1 N–H and O–H groups in total. The molecule has 0 unspecified atom stereocenters. The molecule has 1 heterocycles. The van der Waals surface area contributed by atoms with E-state index in [0.29, 0.717) is 0 Å². The summed E-state index contributed by atoms with van der Waals surface area (Å²) in [6.07, 6.45) is 3.75. The molecular formula is C15H20N2O. The van der Waals surface area contributed by atoms with Gasteiger partial charge in [-0.15, -0.1) is 0 Å². The molecule has 0 radical (unpaired) electrons. The molecule has 18 heavy (non-hydrogen) atoms. The van der Waals surface area contributed by atoms with Crippen LogP contribution in [-0.2, 0) is 6.42 Å². The number of oxazole rings is 1. The van der Waals surface area contributed by atoms with E-state index in [2.05, 4.69) is 42.3 Å². The molecule has 0 bridgehead atoms. The van der Waals surface area contributed by atoms with E-state index in [-0.39, 0.29) is 0 Å². The van der Waals surface area contributed by atoms with Crippen molar-refractivity contribution in [2.24, 2.45) is 0 Å². The first-order chi connectivity index (χ1) is 8.69. The number of nitrogens with zero attached hydrogens (tertiary/aromatic N) is 1. The Kier molecular flexibility index (Phi) is 4.15. The van der Waals surface area contributed by atoms with E-state index in [0.717, 1.165) is 36.6 Å². The molecule has 3 nitrogen and oxygen atoms in total. The van der Waals surface area contributed by atoms with Crippen molar-refractivity contribution >= 4 is 0 Å². The Morgan fingerprint density at radius 3 is 2.56 bits per heavy atom. The molecule has 0 fully saturated rings. The second-order valence-corrected chi connectivity index (χ2v) is 4.70. The number of aromatic nitrogens is 1. The van der Waals surface area contributed by atoms with Gasteiger partial charge in [0.2, 0.25) is 0 Å². The van der Waals surface area contributed by atoms with E-state index in [9.17, 15) is 0 Å². The predicted molar refractivity (Wildman–Crippen MR) is 73.7 cm³/mol. The van der Waals surface area contributed by atoms with Gasteiger partial charge in [-0.1, -0.05) is 17.2 Å². The zero-order chi connectivity index (χ0) is 13.0. The van der Waals surface area contributed by atoms with Crippen molar-refractivity contribution in [2.45, 2.75) is 26.7 Å². The van der Waals surface area contributed by atoms with Crippen LogP contribution in [0.1, 0.15) is 23.4 Å². The van der Waals surface area contributed by atoms with Crippen molar-refractivity contribution < 1.29 is 4.42 Å². The Balaban J connectivity index is 2.13. The van der Waals surface area contributed by atoms with Gasteiger partial charge in [0.05, 0.1) is 6.20 Å². The van der Waals surface area contributed by atoms with Crippen LogP contribution in [-0.4, -0.2) is 18.6 Å². The van der Waals surface area contributed by atoms with Gasteiger partial charge in [0.1, 0.15) is 0 Å². The predicted octanol–water partition coefficient (Wildman–Crippen LogP) is 3.11. The first kappa shape index (κ1) is 12.8. The van der Waals surface area contributed by atoms with Crippen LogP contribution < -0.4 is 5.32 Å². The minimum Gasteiger partial charge on any atom is -0.441 e. The lowest BCUT2D eigenvalue weighted by molar-refractivity contribution is 0.495. The molecule has 0 amide bonds. The average molecular weight is 244 g/mol. The molecule has 96 valence electrons. The van der Waals surface area contributed by atoms with Crippen LogP contribution in [0.4, 0.5) is 0 Å². The van der Waals surface area contributed by atoms with Crippen LogP contribution in [0.2, 0.25) is 0 Å². The Morgan fingerprint density at radius 2 is 1.89 bits per heavy atom. The van der Waals surface area contributed by atoms with Gasteiger partial charge < -0.3 is 9.73 Å².